The van der Waals surface area contributed by atoms with E-state index >= 15 is 0 Å². The van der Waals surface area contributed by atoms with E-state index in [4.69, 9.17) is 15.2 Å². The summed E-state index contributed by atoms with van der Waals surface area (Å²) in [4.78, 5) is 8.40. The van der Waals surface area contributed by atoms with E-state index in [9.17, 15) is 0 Å². The number of aromatic nitrogens is 2. The van der Waals surface area contributed by atoms with Crippen molar-refractivity contribution in [1.82, 2.24) is 15.3 Å². The van der Waals surface area contributed by atoms with E-state index in [1.807, 2.05) is 54.6 Å². The van der Waals surface area contributed by atoms with Crippen LogP contribution in [0.1, 0.15) is 12.0 Å². The van der Waals surface area contributed by atoms with E-state index < -0.39 is 0 Å². The van der Waals surface area contributed by atoms with Gasteiger partial charge in [-0.3, -0.25) is 0 Å². The Morgan fingerprint density at radius 1 is 0.852 bits per heavy atom. The highest BCUT2D eigenvalue weighted by Crippen LogP contribution is 2.33. The molecule has 0 saturated heterocycles. The fourth-order valence-corrected chi connectivity index (χ4v) is 2.91. The van der Waals surface area contributed by atoms with Gasteiger partial charge >= 0.3 is 0 Å². The maximum atomic E-state index is 6.10. The van der Waals surface area contributed by atoms with Crippen LogP contribution in [-0.4, -0.2) is 23.1 Å². The second-order valence-corrected chi connectivity index (χ2v) is 6.12. The molecule has 0 spiro atoms. The molecule has 0 atom stereocenters. The van der Waals surface area contributed by atoms with Gasteiger partial charge in [0.05, 0.1) is 5.56 Å². The zero-order chi connectivity index (χ0) is 18.5. The molecule has 0 saturated carbocycles. The van der Waals surface area contributed by atoms with E-state index in [2.05, 4.69) is 21.4 Å². The molecule has 2 heterocycles. The van der Waals surface area contributed by atoms with Crippen molar-refractivity contribution in [3.05, 3.63) is 72.6 Å². The molecule has 4 rings (SSSR count). The molecule has 27 heavy (non-hydrogen) atoms. The van der Waals surface area contributed by atoms with E-state index in [1.165, 1.54) is 6.33 Å². The van der Waals surface area contributed by atoms with Crippen molar-refractivity contribution in [3.63, 3.8) is 0 Å². The molecule has 6 nitrogen and oxygen atoms in total. The number of nitrogens with one attached hydrogen (secondary N) is 1. The Balaban J connectivity index is 1.54. The SMILES string of the molecule is Nc1ncnc(Oc2ccc(Oc3ccccc3)cc2)c1C1=CCCNC1. The zero-order valence-electron chi connectivity index (χ0n) is 14.8. The van der Waals surface area contributed by atoms with Gasteiger partial charge in [-0.2, -0.15) is 0 Å². The first-order valence-electron chi connectivity index (χ1n) is 8.81. The minimum atomic E-state index is 0.416. The van der Waals surface area contributed by atoms with Crippen molar-refractivity contribution >= 4 is 11.4 Å². The van der Waals surface area contributed by atoms with Crippen LogP contribution < -0.4 is 20.5 Å². The fraction of sp³-hybridized carbons (Fsp3) is 0.143. The number of hydrogen-bond donors (Lipinski definition) is 2. The summed E-state index contributed by atoms with van der Waals surface area (Å²) in [5.74, 6) is 3.04. The van der Waals surface area contributed by atoms with Gasteiger partial charge in [0, 0.05) is 6.54 Å². The number of benzene rings is 2. The Kier molecular flexibility index (Phi) is 4.98. The molecule has 0 aliphatic carbocycles. The third-order valence-corrected chi connectivity index (χ3v) is 4.21. The summed E-state index contributed by atoms with van der Waals surface area (Å²) in [7, 11) is 0. The molecule has 1 aromatic heterocycles. The molecule has 0 bridgehead atoms. The summed E-state index contributed by atoms with van der Waals surface area (Å²) < 4.78 is 11.8. The standard InChI is InChI=1S/C21H20N4O2/c22-20-19(15-5-4-12-23-13-15)21(25-14-24-20)27-18-10-8-17(9-11-18)26-16-6-2-1-3-7-16/h1-3,5-11,14,23H,4,12-13H2,(H2,22,24,25). The Morgan fingerprint density at radius 2 is 1.56 bits per heavy atom. The lowest BCUT2D eigenvalue weighted by Gasteiger charge is -2.18. The maximum absolute atomic E-state index is 6.10. The molecule has 1 aliphatic heterocycles. The van der Waals surface area contributed by atoms with E-state index in [0.29, 0.717) is 17.4 Å². The average Bonchev–Trinajstić information content (AvgIpc) is 2.71. The largest absolute Gasteiger partial charge is 0.457 e. The average molecular weight is 360 g/mol. The van der Waals surface area contributed by atoms with Gasteiger partial charge < -0.3 is 20.5 Å². The normalized spacial score (nSPS) is 13.7. The molecular weight excluding hydrogens is 340 g/mol. The minimum Gasteiger partial charge on any atom is -0.457 e. The molecule has 1 aliphatic rings. The quantitative estimate of drug-likeness (QED) is 0.715. The number of hydrogen-bond acceptors (Lipinski definition) is 6. The number of nitrogens with two attached hydrogens (primary N) is 1. The Bertz CT molecular complexity index is 940. The molecule has 3 aromatic rings. The number of anilines is 1. The van der Waals surface area contributed by atoms with Gasteiger partial charge in [-0.05, 0) is 54.9 Å². The molecule has 0 amide bonds. The monoisotopic (exact) mass is 360 g/mol. The Morgan fingerprint density at radius 3 is 2.26 bits per heavy atom. The first-order valence-corrected chi connectivity index (χ1v) is 8.81. The van der Waals surface area contributed by atoms with E-state index in [-0.39, 0.29) is 0 Å². The Labute approximate surface area is 157 Å². The van der Waals surface area contributed by atoms with Crippen LogP contribution in [0, 0.1) is 0 Å². The molecule has 0 radical (unpaired) electrons. The van der Waals surface area contributed by atoms with Gasteiger partial charge in [0.25, 0.3) is 0 Å². The first kappa shape index (κ1) is 17.1. The summed E-state index contributed by atoms with van der Waals surface area (Å²) in [6.45, 7) is 1.67. The first-order chi connectivity index (χ1) is 13.3. The number of ether oxygens (including phenoxy) is 2. The lowest BCUT2D eigenvalue weighted by Crippen LogP contribution is -2.22. The van der Waals surface area contributed by atoms with Gasteiger partial charge in [0.1, 0.15) is 29.4 Å². The summed E-state index contributed by atoms with van der Waals surface area (Å²) >= 11 is 0. The summed E-state index contributed by atoms with van der Waals surface area (Å²) in [6, 6.07) is 17.0. The van der Waals surface area contributed by atoms with Crippen LogP contribution in [0.3, 0.4) is 0 Å². The number of nitrogens with zero attached hydrogens (tertiary/aromatic N) is 2. The van der Waals surface area contributed by atoms with Crippen LogP contribution in [0.5, 0.6) is 23.1 Å². The topological polar surface area (TPSA) is 82.3 Å². The van der Waals surface area contributed by atoms with Gasteiger partial charge in [-0.15, -0.1) is 0 Å². The van der Waals surface area contributed by atoms with Crippen LogP contribution in [0.25, 0.3) is 5.57 Å². The number of nitrogen functional groups attached to an aromatic ring is 1. The van der Waals surface area contributed by atoms with Crippen LogP contribution >= 0.6 is 0 Å². The van der Waals surface area contributed by atoms with E-state index in [1.54, 1.807) is 0 Å². The molecule has 2 aromatic carbocycles. The zero-order valence-corrected chi connectivity index (χ0v) is 14.8. The lowest BCUT2D eigenvalue weighted by molar-refractivity contribution is 0.454. The predicted octanol–water partition coefficient (Wildman–Crippen LogP) is 4.02. The highest BCUT2D eigenvalue weighted by molar-refractivity contribution is 5.78. The summed E-state index contributed by atoms with van der Waals surface area (Å²) in [5.41, 5.74) is 7.89. The minimum absolute atomic E-state index is 0.416. The van der Waals surface area contributed by atoms with Gasteiger partial charge in [0.2, 0.25) is 5.88 Å². The molecule has 3 N–H and O–H groups in total. The van der Waals surface area contributed by atoms with Gasteiger partial charge in [0.15, 0.2) is 0 Å². The highest BCUT2D eigenvalue weighted by Gasteiger charge is 2.17. The van der Waals surface area contributed by atoms with Crippen LogP contribution in [0.2, 0.25) is 0 Å². The number of rotatable bonds is 5. The second kappa shape index (κ2) is 7.88. The third kappa shape index (κ3) is 4.07. The fourth-order valence-electron chi connectivity index (χ4n) is 2.91. The van der Waals surface area contributed by atoms with Crippen LogP contribution in [0.15, 0.2) is 67.0 Å². The molecule has 0 fully saturated rings. The summed E-state index contributed by atoms with van der Waals surface area (Å²) in [5, 5.41) is 3.33. The van der Waals surface area contributed by atoms with Crippen LogP contribution in [-0.2, 0) is 0 Å². The van der Waals surface area contributed by atoms with Crippen molar-refractivity contribution < 1.29 is 9.47 Å². The molecule has 6 heteroatoms. The Hall–Kier alpha value is -3.38. The maximum Gasteiger partial charge on any atom is 0.232 e. The van der Waals surface area contributed by atoms with Crippen molar-refractivity contribution in [1.29, 1.82) is 0 Å². The smallest absolute Gasteiger partial charge is 0.232 e. The van der Waals surface area contributed by atoms with Gasteiger partial charge in [-0.1, -0.05) is 24.3 Å². The lowest BCUT2D eigenvalue weighted by atomic mass is 10.0. The molecule has 0 unspecified atom stereocenters. The van der Waals surface area contributed by atoms with Crippen molar-refractivity contribution in [2.24, 2.45) is 0 Å². The van der Waals surface area contributed by atoms with E-state index in [0.717, 1.165) is 42.1 Å². The second-order valence-electron chi connectivity index (χ2n) is 6.12. The number of para-hydroxylation sites is 1. The molecule has 136 valence electrons. The van der Waals surface area contributed by atoms with Crippen molar-refractivity contribution in [3.8, 4) is 23.1 Å². The van der Waals surface area contributed by atoms with Crippen molar-refractivity contribution in [2.75, 3.05) is 18.8 Å². The highest BCUT2D eigenvalue weighted by atomic mass is 16.5. The predicted molar refractivity (Wildman–Crippen MR) is 105 cm³/mol. The van der Waals surface area contributed by atoms with Crippen molar-refractivity contribution in [2.45, 2.75) is 6.42 Å². The molecular formula is C21H20N4O2. The third-order valence-electron chi connectivity index (χ3n) is 4.21. The van der Waals surface area contributed by atoms with Gasteiger partial charge in [-0.25, -0.2) is 9.97 Å². The summed E-state index contributed by atoms with van der Waals surface area (Å²) in [6.07, 6.45) is 4.50. The van der Waals surface area contributed by atoms with Crippen LogP contribution in [0.4, 0.5) is 5.82 Å².